The Hall–Kier alpha value is -2.39. The largest absolute Gasteiger partial charge is 0.493 e. The van der Waals surface area contributed by atoms with Crippen LogP contribution >= 0.6 is 0 Å². The molecule has 1 aromatic rings. The number of piperidine rings is 1. The van der Waals surface area contributed by atoms with Crippen molar-refractivity contribution in [2.24, 2.45) is 5.92 Å². The van der Waals surface area contributed by atoms with Crippen molar-refractivity contribution in [2.75, 3.05) is 46.4 Å². The topological polar surface area (TPSA) is 54.0 Å². The quantitative estimate of drug-likeness (QED) is 0.695. The van der Waals surface area contributed by atoms with Gasteiger partial charge in [0.15, 0.2) is 11.5 Å². The first-order valence-corrected chi connectivity index (χ1v) is 11.2. The van der Waals surface area contributed by atoms with Gasteiger partial charge in [-0.25, -0.2) is 4.79 Å². The third-order valence-electron chi connectivity index (χ3n) is 6.00. The molecule has 0 aliphatic carbocycles. The van der Waals surface area contributed by atoms with E-state index in [1.54, 1.807) is 7.11 Å². The van der Waals surface area contributed by atoms with Crippen LogP contribution < -0.4 is 14.8 Å². The minimum Gasteiger partial charge on any atom is -0.493 e. The molecular formula is C24H35N3O3. The smallest absolute Gasteiger partial charge is 0.317 e. The fourth-order valence-electron chi connectivity index (χ4n) is 4.44. The van der Waals surface area contributed by atoms with E-state index in [2.05, 4.69) is 16.1 Å². The summed E-state index contributed by atoms with van der Waals surface area (Å²) < 4.78 is 10.9. The number of hydrogen-bond donors (Lipinski definition) is 1. The molecule has 0 aromatic heterocycles. The van der Waals surface area contributed by atoms with Gasteiger partial charge >= 0.3 is 6.03 Å². The Morgan fingerprint density at radius 3 is 2.70 bits per heavy atom. The second kappa shape index (κ2) is 11.7. The van der Waals surface area contributed by atoms with Crippen molar-refractivity contribution in [3.63, 3.8) is 0 Å². The number of ether oxygens (including phenoxy) is 2. The molecule has 0 radical (unpaired) electrons. The first kappa shape index (κ1) is 22.3. The Kier molecular flexibility index (Phi) is 8.70. The third kappa shape index (κ3) is 6.56. The molecule has 164 valence electrons. The van der Waals surface area contributed by atoms with Crippen molar-refractivity contribution in [1.29, 1.82) is 0 Å². The van der Waals surface area contributed by atoms with Gasteiger partial charge in [0.05, 0.1) is 7.11 Å². The molecule has 6 heteroatoms. The predicted octanol–water partition coefficient (Wildman–Crippen LogP) is 3.50. The van der Waals surface area contributed by atoms with E-state index in [-0.39, 0.29) is 12.6 Å². The zero-order valence-corrected chi connectivity index (χ0v) is 18.2. The van der Waals surface area contributed by atoms with E-state index in [0.29, 0.717) is 24.0 Å². The second-order valence-corrected chi connectivity index (χ2v) is 8.31. The first-order valence-electron chi connectivity index (χ1n) is 11.2. The van der Waals surface area contributed by atoms with Crippen molar-refractivity contribution < 1.29 is 14.3 Å². The lowest BCUT2D eigenvalue weighted by Crippen LogP contribution is -2.47. The van der Waals surface area contributed by atoms with E-state index in [4.69, 9.17) is 15.9 Å². The van der Waals surface area contributed by atoms with E-state index >= 15 is 0 Å². The molecule has 1 atom stereocenters. The Bertz CT molecular complexity index is 723. The molecule has 0 saturated carbocycles. The normalized spacial score (nSPS) is 20.1. The highest BCUT2D eigenvalue weighted by Gasteiger charge is 2.25. The van der Waals surface area contributed by atoms with Crippen LogP contribution in [0.25, 0.3) is 0 Å². The molecule has 0 spiro atoms. The summed E-state index contributed by atoms with van der Waals surface area (Å²) in [6, 6.07) is 5.65. The highest BCUT2D eigenvalue weighted by Crippen LogP contribution is 2.28. The standard InChI is InChI=1S/C24H35N3O3/c1-3-15-30-23-16-20(10-11-22(23)29-2)17-25-24(28)27-14-8-9-21(19-27)18-26-12-6-4-5-7-13-26/h1,10-11,16,21H,4-9,12-15,17-19H2,2H3,(H,25,28). The number of likely N-dealkylation sites (tertiary alicyclic amines) is 2. The summed E-state index contributed by atoms with van der Waals surface area (Å²) >= 11 is 0. The van der Waals surface area contributed by atoms with Crippen LogP contribution in [-0.2, 0) is 6.54 Å². The molecule has 3 rings (SSSR count). The van der Waals surface area contributed by atoms with Gasteiger partial charge in [0.2, 0.25) is 0 Å². The lowest BCUT2D eigenvalue weighted by Gasteiger charge is -2.35. The third-order valence-corrected chi connectivity index (χ3v) is 6.00. The van der Waals surface area contributed by atoms with Crippen LogP contribution in [0.15, 0.2) is 18.2 Å². The average molecular weight is 414 g/mol. The summed E-state index contributed by atoms with van der Waals surface area (Å²) in [5.41, 5.74) is 0.953. The number of carbonyl (C=O) groups excluding carboxylic acids is 1. The Balaban J connectivity index is 1.49. The lowest BCUT2D eigenvalue weighted by atomic mass is 9.97. The molecule has 1 aromatic carbocycles. The predicted molar refractivity (Wildman–Crippen MR) is 119 cm³/mol. The number of nitrogens with zero attached hydrogens (tertiary/aromatic N) is 2. The van der Waals surface area contributed by atoms with E-state index in [9.17, 15) is 4.79 Å². The number of methoxy groups -OCH3 is 1. The van der Waals surface area contributed by atoms with Crippen molar-refractivity contribution in [2.45, 2.75) is 45.1 Å². The van der Waals surface area contributed by atoms with Gasteiger partial charge in [0, 0.05) is 26.2 Å². The molecule has 1 N–H and O–H groups in total. The van der Waals surface area contributed by atoms with Crippen molar-refractivity contribution in [3.05, 3.63) is 23.8 Å². The number of carbonyl (C=O) groups is 1. The number of rotatable bonds is 7. The van der Waals surface area contributed by atoms with Crippen molar-refractivity contribution in [1.82, 2.24) is 15.1 Å². The Labute approximate surface area is 180 Å². The van der Waals surface area contributed by atoms with E-state index in [1.807, 2.05) is 23.1 Å². The van der Waals surface area contributed by atoms with Crippen molar-refractivity contribution >= 4 is 6.03 Å². The molecule has 0 bridgehead atoms. The highest BCUT2D eigenvalue weighted by molar-refractivity contribution is 5.74. The molecule has 2 saturated heterocycles. The second-order valence-electron chi connectivity index (χ2n) is 8.31. The number of nitrogens with one attached hydrogen (secondary N) is 1. The van der Waals surface area contributed by atoms with Gasteiger partial charge in [0.25, 0.3) is 0 Å². The summed E-state index contributed by atoms with van der Waals surface area (Å²) in [7, 11) is 1.60. The minimum absolute atomic E-state index is 0.0116. The van der Waals surface area contributed by atoms with E-state index in [1.165, 1.54) is 45.2 Å². The maximum absolute atomic E-state index is 12.8. The molecule has 30 heavy (non-hydrogen) atoms. The van der Waals surface area contributed by atoms with E-state index in [0.717, 1.165) is 31.6 Å². The molecule has 2 fully saturated rings. The van der Waals surface area contributed by atoms with Gasteiger partial charge in [-0.3, -0.25) is 0 Å². The van der Waals surface area contributed by atoms with Crippen LogP contribution in [0.2, 0.25) is 0 Å². The fraction of sp³-hybridized carbons (Fsp3) is 0.625. The van der Waals surface area contributed by atoms with Crippen LogP contribution in [0.3, 0.4) is 0 Å². The van der Waals surface area contributed by atoms with Gasteiger partial charge in [-0.05, 0) is 62.4 Å². The van der Waals surface area contributed by atoms with E-state index < -0.39 is 0 Å². The number of amides is 2. The molecular weight excluding hydrogens is 378 g/mol. The number of hydrogen-bond acceptors (Lipinski definition) is 4. The molecule has 1 unspecified atom stereocenters. The zero-order chi connectivity index (χ0) is 21.2. The molecule has 2 amide bonds. The highest BCUT2D eigenvalue weighted by atomic mass is 16.5. The van der Waals surface area contributed by atoms with Crippen molar-refractivity contribution in [3.8, 4) is 23.8 Å². The van der Waals surface area contributed by atoms with Gasteiger partial charge in [-0.1, -0.05) is 24.8 Å². The fourth-order valence-corrected chi connectivity index (χ4v) is 4.44. The summed E-state index contributed by atoms with van der Waals surface area (Å²) in [6.45, 7) is 5.86. The number of urea groups is 1. The lowest BCUT2D eigenvalue weighted by molar-refractivity contribution is 0.140. The van der Waals surface area contributed by atoms with Gasteiger partial charge in [-0.15, -0.1) is 6.42 Å². The monoisotopic (exact) mass is 413 g/mol. The molecule has 6 nitrogen and oxygen atoms in total. The number of benzene rings is 1. The zero-order valence-electron chi connectivity index (χ0n) is 18.2. The molecule has 2 aliphatic heterocycles. The maximum atomic E-state index is 12.8. The summed E-state index contributed by atoms with van der Waals surface area (Å²) in [6.07, 6.45) is 12.9. The summed E-state index contributed by atoms with van der Waals surface area (Å²) in [5.74, 6) is 4.26. The van der Waals surface area contributed by atoms with Gasteiger partial charge in [0.1, 0.15) is 6.61 Å². The van der Waals surface area contributed by atoms with Crippen LogP contribution in [0.5, 0.6) is 11.5 Å². The average Bonchev–Trinajstić information content (AvgIpc) is 3.05. The van der Waals surface area contributed by atoms with Gasteiger partial charge < -0.3 is 24.6 Å². The molecule has 2 aliphatic rings. The minimum atomic E-state index is 0.0116. The van der Waals surface area contributed by atoms with Crippen LogP contribution in [0, 0.1) is 18.3 Å². The first-order chi connectivity index (χ1) is 14.7. The van der Waals surface area contributed by atoms with Gasteiger partial charge in [-0.2, -0.15) is 0 Å². The maximum Gasteiger partial charge on any atom is 0.317 e. The Morgan fingerprint density at radius 2 is 1.97 bits per heavy atom. The summed E-state index contributed by atoms with van der Waals surface area (Å²) in [4.78, 5) is 17.3. The number of terminal acetylenes is 1. The Morgan fingerprint density at radius 1 is 1.17 bits per heavy atom. The van der Waals surface area contributed by atoms with Crippen LogP contribution in [0.1, 0.15) is 44.1 Å². The SMILES string of the molecule is C#CCOc1cc(CNC(=O)N2CCCC(CN3CCCCCC3)C2)ccc1OC. The molecule has 2 heterocycles. The summed E-state index contributed by atoms with van der Waals surface area (Å²) in [5, 5.41) is 3.06. The van der Waals surface area contributed by atoms with Crippen LogP contribution in [0.4, 0.5) is 4.79 Å². The van der Waals surface area contributed by atoms with Crippen LogP contribution in [-0.4, -0.2) is 62.3 Å².